The number of pyridine rings is 1. The quantitative estimate of drug-likeness (QED) is 0.176. The number of hydrogen-bond acceptors (Lipinski definition) is 10. The van der Waals surface area contributed by atoms with Gasteiger partial charge in [-0.3, -0.25) is 0 Å². The van der Waals surface area contributed by atoms with E-state index < -0.39 is 0 Å². The predicted molar refractivity (Wildman–Crippen MR) is 147 cm³/mol. The topological polar surface area (TPSA) is 141 Å². The van der Waals surface area contributed by atoms with Gasteiger partial charge in [0.2, 0.25) is 0 Å². The lowest BCUT2D eigenvalue weighted by Gasteiger charge is -2.13. The molecule has 0 aliphatic heterocycles. The van der Waals surface area contributed by atoms with Crippen LogP contribution in [0.2, 0.25) is 0 Å². The normalized spacial score (nSPS) is 10.5. The van der Waals surface area contributed by atoms with Gasteiger partial charge in [0.1, 0.15) is 34.3 Å². The van der Waals surface area contributed by atoms with E-state index in [4.69, 9.17) is 15.6 Å². The molecule has 2 aromatic carbocycles. The number of ether oxygens (including phenoxy) is 1. The number of thiazole rings is 1. The summed E-state index contributed by atoms with van der Waals surface area (Å²) < 4.78 is 5.59. The van der Waals surface area contributed by atoms with Crippen molar-refractivity contribution in [3.8, 4) is 29.0 Å². The van der Waals surface area contributed by atoms with Gasteiger partial charge in [0.15, 0.2) is 5.13 Å². The van der Waals surface area contributed by atoms with Crippen molar-refractivity contribution >= 4 is 39.7 Å². The molecule has 186 valence electrons. The molecule has 0 aliphatic carbocycles. The molecule has 2 aromatic heterocycles. The molecule has 0 amide bonds. The first-order valence-corrected chi connectivity index (χ1v) is 13.3. The van der Waals surface area contributed by atoms with Gasteiger partial charge in [0.05, 0.1) is 17.9 Å². The third kappa shape index (κ3) is 6.38. The fraction of sp³-hybridized carbons (Fsp3) is 0.185. The fourth-order valence-electron chi connectivity index (χ4n) is 3.50. The Labute approximate surface area is 223 Å². The van der Waals surface area contributed by atoms with Crippen molar-refractivity contribution < 1.29 is 9.84 Å². The number of nitrogen functional groups attached to an aromatic ring is 1. The van der Waals surface area contributed by atoms with Crippen LogP contribution in [-0.2, 0) is 5.75 Å². The van der Waals surface area contributed by atoms with E-state index in [0.717, 1.165) is 16.5 Å². The zero-order chi connectivity index (χ0) is 26.2. The number of thioether (sulfide) groups is 1. The highest BCUT2D eigenvalue weighted by molar-refractivity contribution is 7.98. The minimum absolute atomic E-state index is 0.0529. The monoisotopic (exact) mass is 528 g/mol. The van der Waals surface area contributed by atoms with Gasteiger partial charge >= 0.3 is 0 Å². The van der Waals surface area contributed by atoms with E-state index in [0.29, 0.717) is 40.7 Å². The molecular weight excluding hydrogens is 504 g/mol. The molecule has 0 saturated carbocycles. The minimum atomic E-state index is 0.0529. The standard InChI is InChI=1S/C27H24N6O2S2/c1-17-3-7-19(8-4-17)31-27-32-20(16-37-27)15-36-26-23(14-29)24(22(13-28)25(30)33-26)18-5-9-21(10-6-18)35-12-2-11-34/h3-10,16,34H,2,11-12,15H2,1H3,(H2,30,33)(H,31,32). The summed E-state index contributed by atoms with van der Waals surface area (Å²) in [6, 6.07) is 19.5. The van der Waals surface area contributed by atoms with Crippen LogP contribution in [0.3, 0.4) is 0 Å². The van der Waals surface area contributed by atoms with E-state index in [1.54, 1.807) is 24.3 Å². The van der Waals surface area contributed by atoms with Gasteiger partial charge in [-0.1, -0.05) is 41.6 Å². The van der Waals surface area contributed by atoms with Crippen molar-refractivity contribution in [1.29, 1.82) is 10.5 Å². The van der Waals surface area contributed by atoms with Crippen LogP contribution >= 0.6 is 23.1 Å². The molecule has 37 heavy (non-hydrogen) atoms. The maximum absolute atomic E-state index is 10.0. The second-order valence-electron chi connectivity index (χ2n) is 8.02. The van der Waals surface area contributed by atoms with Crippen LogP contribution in [0.4, 0.5) is 16.6 Å². The summed E-state index contributed by atoms with van der Waals surface area (Å²) in [5.74, 6) is 1.18. The predicted octanol–water partition coefficient (Wildman–Crippen LogP) is 5.64. The Morgan fingerprint density at radius 2 is 1.78 bits per heavy atom. The van der Waals surface area contributed by atoms with Crippen molar-refractivity contribution in [3.05, 3.63) is 76.3 Å². The van der Waals surface area contributed by atoms with Crippen LogP contribution in [0.25, 0.3) is 11.1 Å². The summed E-state index contributed by atoms with van der Waals surface area (Å²) in [6.45, 7) is 2.49. The number of benzene rings is 2. The number of nitrogens with zero attached hydrogens (tertiary/aromatic N) is 4. The maximum atomic E-state index is 10.0. The average Bonchev–Trinajstić information content (AvgIpc) is 3.36. The number of aryl methyl sites for hydroxylation is 1. The number of rotatable bonds is 10. The van der Waals surface area contributed by atoms with Gasteiger partial charge in [-0.25, -0.2) is 9.97 Å². The average molecular weight is 529 g/mol. The largest absolute Gasteiger partial charge is 0.494 e. The highest BCUT2D eigenvalue weighted by Crippen LogP contribution is 2.37. The van der Waals surface area contributed by atoms with Gasteiger partial charge in [-0.05, 0) is 36.8 Å². The molecular formula is C27H24N6O2S2. The van der Waals surface area contributed by atoms with E-state index in [2.05, 4.69) is 27.4 Å². The van der Waals surface area contributed by atoms with Crippen LogP contribution in [0.1, 0.15) is 28.8 Å². The summed E-state index contributed by atoms with van der Waals surface area (Å²) in [7, 11) is 0. The van der Waals surface area contributed by atoms with Gasteiger partial charge in [-0.15, -0.1) is 11.3 Å². The number of anilines is 3. The summed E-state index contributed by atoms with van der Waals surface area (Å²) in [4.78, 5) is 9.01. The minimum Gasteiger partial charge on any atom is -0.494 e. The smallest absolute Gasteiger partial charge is 0.187 e. The van der Waals surface area contributed by atoms with Crippen LogP contribution in [0.15, 0.2) is 58.9 Å². The number of nitrogens with two attached hydrogens (primary N) is 1. The molecule has 0 aliphatic rings. The number of hydrogen-bond donors (Lipinski definition) is 3. The SMILES string of the molecule is Cc1ccc(Nc2nc(CSc3nc(N)c(C#N)c(-c4ccc(OCCCO)cc4)c3C#N)cs2)cc1. The van der Waals surface area contributed by atoms with E-state index >= 15 is 0 Å². The van der Waals surface area contributed by atoms with Crippen LogP contribution in [0, 0.1) is 29.6 Å². The Balaban J connectivity index is 1.55. The maximum Gasteiger partial charge on any atom is 0.187 e. The highest BCUT2D eigenvalue weighted by atomic mass is 32.2. The molecule has 0 bridgehead atoms. The number of aliphatic hydroxyl groups excluding tert-OH is 1. The number of aliphatic hydroxyl groups is 1. The molecule has 0 radical (unpaired) electrons. The summed E-state index contributed by atoms with van der Waals surface area (Å²) in [5, 5.41) is 35.2. The molecule has 10 heteroatoms. The first kappa shape index (κ1) is 26.0. The number of nitriles is 2. The Morgan fingerprint density at radius 1 is 1.05 bits per heavy atom. The van der Waals surface area contributed by atoms with E-state index in [1.165, 1.54) is 28.7 Å². The number of aromatic nitrogens is 2. The lowest BCUT2D eigenvalue weighted by atomic mass is 9.97. The first-order chi connectivity index (χ1) is 18.0. The lowest BCUT2D eigenvalue weighted by Crippen LogP contribution is -2.04. The summed E-state index contributed by atoms with van der Waals surface area (Å²) in [5.41, 5.74) is 10.7. The van der Waals surface area contributed by atoms with Crippen molar-refractivity contribution in [2.24, 2.45) is 0 Å². The van der Waals surface area contributed by atoms with E-state index in [-0.39, 0.29) is 23.6 Å². The Hall–Kier alpha value is -4.09. The Bertz CT molecular complexity index is 1450. The van der Waals surface area contributed by atoms with Crippen molar-refractivity contribution in [2.75, 3.05) is 24.3 Å². The van der Waals surface area contributed by atoms with Crippen LogP contribution in [0.5, 0.6) is 5.75 Å². The van der Waals surface area contributed by atoms with Gasteiger partial charge in [0, 0.05) is 35.4 Å². The zero-order valence-electron chi connectivity index (χ0n) is 20.1. The Kier molecular flexibility index (Phi) is 8.60. The molecule has 0 atom stereocenters. The number of nitrogens with one attached hydrogen (secondary N) is 1. The Morgan fingerprint density at radius 3 is 2.46 bits per heavy atom. The molecule has 0 fully saturated rings. The molecule has 4 N–H and O–H groups in total. The summed E-state index contributed by atoms with van der Waals surface area (Å²) in [6.07, 6.45) is 0.531. The second-order valence-corrected chi connectivity index (χ2v) is 9.85. The third-order valence-electron chi connectivity index (χ3n) is 5.34. The van der Waals surface area contributed by atoms with Gasteiger partial charge in [0.25, 0.3) is 0 Å². The molecule has 4 rings (SSSR count). The lowest BCUT2D eigenvalue weighted by molar-refractivity contribution is 0.233. The second kappa shape index (κ2) is 12.2. The molecule has 2 heterocycles. The van der Waals surface area contributed by atoms with Gasteiger partial charge < -0.3 is 20.9 Å². The van der Waals surface area contributed by atoms with E-state index in [9.17, 15) is 10.5 Å². The van der Waals surface area contributed by atoms with Gasteiger partial charge in [-0.2, -0.15) is 10.5 Å². The van der Waals surface area contributed by atoms with Crippen molar-refractivity contribution in [1.82, 2.24) is 9.97 Å². The molecule has 0 spiro atoms. The summed E-state index contributed by atoms with van der Waals surface area (Å²) >= 11 is 2.85. The first-order valence-electron chi connectivity index (χ1n) is 11.4. The molecule has 0 unspecified atom stereocenters. The highest BCUT2D eigenvalue weighted by Gasteiger charge is 2.21. The van der Waals surface area contributed by atoms with Crippen molar-refractivity contribution in [3.63, 3.8) is 0 Å². The molecule has 4 aromatic rings. The zero-order valence-corrected chi connectivity index (χ0v) is 21.7. The molecule has 0 saturated heterocycles. The molecule has 8 nitrogen and oxygen atoms in total. The van der Waals surface area contributed by atoms with Crippen LogP contribution in [-0.4, -0.2) is 28.3 Å². The third-order valence-corrected chi connectivity index (χ3v) is 7.16. The van der Waals surface area contributed by atoms with Crippen LogP contribution < -0.4 is 15.8 Å². The fourth-order valence-corrected chi connectivity index (χ4v) is 5.22. The van der Waals surface area contributed by atoms with Crippen molar-refractivity contribution in [2.45, 2.75) is 24.1 Å². The van der Waals surface area contributed by atoms with E-state index in [1.807, 2.05) is 36.6 Å².